The average molecular weight is 410 g/mol. The van der Waals surface area contributed by atoms with E-state index in [2.05, 4.69) is 5.32 Å². The number of aryl methyl sites for hydroxylation is 1. The Morgan fingerprint density at radius 1 is 1.11 bits per heavy atom. The highest BCUT2D eigenvalue weighted by molar-refractivity contribution is 6.34. The Kier molecular flexibility index (Phi) is 5.89. The van der Waals surface area contributed by atoms with E-state index in [1.807, 2.05) is 48.7 Å². The Labute approximate surface area is 173 Å². The summed E-state index contributed by atoms with van der Waals surface area (Å²) in [4.78, 5) is 12.5. The molecular weight excluding hydrogens is 393 g/mol. The zero-order valence-electron chi connectivity index (χ0n) is 15.3. The number of carbonyl (C=O) groups is 1. The molecule has 2 aromatic carbocycles. The van der Waals surface area contributed by atoms with Crippen LogP contribution < -0.4 is 5.32 Å². The maximum absolute atomic E-state index is 12.5. The van der Waals surface area contributed by atoms with Gasteiger partial charge in [0, 0.05) is 22.1 Å². The fourth-order valence-corrected chi connectivity index (χ4v) is 3.35. The minimum atomic E-state index is -0.459. The molecule has 1 heterocycles. The normalized spacial score (nSPS) is 11.2. The van der Waals surface area contributed by atoms with E-state index in [-0.39, 0.29) is 5.57 Å². The first-order valence-corrected chi connectivity index (χ1v) is 9.29. The van der Waals surface area contributed by atoms with Crippen molar-refractivity contribution in [3.8, 4) is 11.8 Å². The Bertz CT molecular complexity index is 1110. The lowest BCUT2D eigenvalue weighted by molar-refractivity contribution is -0.112. The van der Waals surface area contributed by atoms with E-state index < -0.39 is 5.91 Å². The molecule has 0 spiro atoms. The Balaban J connectivity index is 1.98. The summed E-state index contributed by atoms with van der Waals surface area (Å²) in [5, 5.41) is 13.3. The molecule has 0 bridgehead atoms. The molecule has 0 fully saturated rings. The Hall–Kier alpha value is -3.00. The second kappa shape index (κ2) is 8.35. The van der Waals surface area contributed by atoms with E-state index in [1.165, 1.54) is 0 Å². The summed E-state index contributed by atoms with van der Waals surface area (Å²) in [6.45, 7) is 3.83. The number of rotatable bonds is 4. The molecule has 0 radical (unpaired) electrons. The predicted octanol–water partition coefficient (Wildman–Crippen LogP) is 5.95. The van der Waals surface area contributed by atoms with Crippen LogP contribution in [0.25, 0.3) is 11.8 Å². The van der Waals surface area contributed by atoms with Gasteiger partial charge in [0.05, 0.1) is 10.7 Å². The van der Waals surface area contributed by atoms with Gasteiger partial charge < -0.3 is 9.88 Å². The molecule has 0 aliphatic heterocycles. The molecule has 1 aromatic heterocycles. The van der Waals surface area contributed by atoms with Crippen LogP contribution in [0, 0.1) is 25.2 Å². The number of hydrogen-bond acceptors (Lipinski definition) is 2. The largest absolute Gasteiger partial charge is 0.321 e. The van der Waals surface area contributed by atoms with Crippen LogP contribution in [0.3, 0.4) is 0 Å². The van der Waals surface area contributed by atoms with E-state index in [9.17, 15) is 10.1 Å². The summed E-state index contributed by atoms with van der Waals surface area (Å²) < 4.78 is 1.95. The van der Waals surface area contributed by atoms with Crippen molar-refractivity contribution < 1.29 is 4.79 Å². The van der Waals surface area contributed by atoms with Crippen LogP contribution in [0.5, 0.6) is 0 Å². The number of nitrogens with zero attached hydrogens (tertiary/aromatic N) is 2. The molecule has 3 rings (SSSR count). The first-order chi connectivity index (χ1) is 13.4. The molecule has 1 amide bonds. The van der Waals surface area contributed by atoms with Crippen molar-refractivity contribution in [3.05, 3.63) is 87.2 Å². The molecule has 140 valence electrons. The minimum Gasteiger partial charge on any atom is -0.321 e. The van der Waals surface area contributed by atoms with Gasteiger partial charge in [-0.25, -0.2) is 0 Å². The van der Waals surface area contributed by atoms with Crippen LogP contribution in [0.2, 0.25) is 10.0 Å². The smallest absolute Gasteiger partial charge is 0.266 e. The van der Waals surface area contributed by atoms with Gasteiger partial charge in [-0.05, 0) is 61.9 Å². The van der Waals surface area contributed by atoms with Crippen LogP contribution in [-0.4, -0.2) is 10.5 Å². The molecule has 1 N–H and O–H groups in total. The van der Waals surface area contributed by atoms with Crippen molar-refractivity contribution in [2.45, 2.75) is 13.8 Å². The number of hydrogen-bond donors (Lipinski definition) is 1. The standard InChI is InChI=1S/C22H17Cl2N3O/c1-14-10-16(15(2)27(14)21-12-18(23)8-9-20(21)24)11-17(13-25)22(28)26-19-6-4-3-5-7-19/h3-12H,1-2H3,(H,26,28)/b17-11-. The van der Waals surface area contributed by atoms with Gasteiger partial charge in [0.25, 0.3) is 5.91 Å². The number of carbonyl (C=O) groups excluding carboxylic acids is 1. The van der Waals surface area contributed by atoms with Crippen LogP contribution in [0.4, 0.5) is 5.69 Å². The van der Waals surface area contributed by atoms with Gasteiger partial charge in [-0.1, -0.05) is 41.4 Å². The summed E-state index contributed by atoms with van der Waals surface area (Å²) in [6.07, 6.45) is 1.58. The molecule has 3 aromatic rings. The highest BCUT2D eigenvalue weighted by Gasteiger charge is 2.15. The second-order valence-electron chi connectivity index (χ2n) is 6.25. The average Bonchev–Trinajstić information content (AvgIpc) is 2.95. The third kappa shape index (κ3) is 4.12. The number of aromatic nitrogens is 1. The third-order valence-corrected chi connectivity index (χ3v) is 4.87. The fraction of sp³-hybridized carbons (Fsp3) is 0.0909. The third-order valence-electron chi connectivity index (χ3n) is 4.32. The van der Waals surface area contributed by atoms with Crippen LogP contribution in [0.15, 0.2) is 60.2 Å². The van der Waals surface area contributed by atoms with E-state index in [0.717, 1.165) is 22.6 Å². The summed E-state index contributed by atoms with van der Waals surface area (Å²) in [7, 11) is 0. The molecule has 6 heteroatoms. The van der Waals surface area contributed by atoms with Crippen molar-refractivity contribution in [1.82, 2.24) is 4.57 Å². The monoisotopic (exact) mass is 409 g/mol. The molecule has 0 saturated heterocycles. The zero-order valence-corrected chi connectivity index (χ0v) is 16.8. The number of para-hydroxylation sites is 1. The van der Waals surface area contributed by atoms with E-state index in [0.29, 0.717) is 15.7 Å². The molecule has 0 aliphatic carbocycles. The molecule has 4 nitrogen and oxygen atoms in total. The van der Waals surface area contributed by atoms with Gasteiger partial charge in [-0.15, -0.1) is 0 Å². The van der Waals surface area contributed by atoms with Crippen molar-refractivity contribution >= 4 is 40.9 Å². The maximum Gasteiger partial charge on any atom is 0.266 e. The maximum atomic E-state index is 12.5. The van der Waals surface area contributed by atoms with Gasteiger partial charge in [-0.2, -0.15) is 5.26 Å². The lowest BCUT2D eigenvalue weighted by Gasteiger charge is -2.12. The van der Waals surface area contributed by atoms with E-state index in [1.54, 1.807) is 36.4 Å². The minimum absolute atomic E-state index is 0.0151. The SMILES string of the molecule is Cc1cc(/C=C(/C#N)C(=O)Nc2ccccc2)c(C)n1-c1cc(Cl)ccc1Cl. The lowest BCUT2D eigenvalue weighted by atomic mass is 10.1. The molecule has 0 atom stereocenters. The van der Waals surface area contributed by atoms with Gasteiger partial charge in [0.1, 0.15) is 11.6 Å². The highest BCUT2D eigenvalue weighted by Crippen LogP contribution is 2.29. The molecule has 0 aliphatic rings. The quantitative estimate of drug-likeness (QED) is 0.427. The Morgan fingerprint density at radius 3 is 2.50 bits per heavy atom. The number of nitriles is 1. The van der Waals surface area contributed by atoms with Gasteiger partial charge >= 0.3 is 0 Å². The summed E-state index contributed by atoms with van der Waals surface area (Å²) in [5.41, 5.74) is 3.91. The lowest BCUT2D eigenvalue weighted by Crippen LogP contribution is -2.13. The number of nitrogens with one attached hydrogen (secondary N) is 1. The summed E-state index contributed by atoms with van der Waals surface area (Å²) in [5.74, 6) is -0.459. The highest BCUT2D eigenvalue weighted by atomic mass is 35.5. The first-order valence-electron chi connectivity index (χ1n) is 8.53. The van der Waals surface area contributed by atoms with Crippen LogP contribution in [-0.2, 0) is 4.79 Å². The second-order valence-corrected chi connectivity index (χ2v) is 7.09. The van der Waals surface area contributed by atoms with E-state index >= 15 is 0 Å². The van der Waals surface area contributed by atoms with Gasteiger partial charge in [-0.3, -0.25) is 4.79 Å². The fourth-order valence-electron chi connectivity index (χ4n) is 2.99. The van der Waals surface area contributed by atoms with Crippen molar-refractivity contribution in [3.63, 3.8) is 0 Å². The molecular formula is C22H17Cl2N3O. The zero-order chi connectivity index (χ0) is 20.3. The van der Waals surface area contributed by atoms with Gasteiger partial charge in [0.2, 0.25) is 0 Å². The van der Waals surface area contributed by atoms with E-state index in [4.69, 9.17) is 23.2 Å². The van der Waals surface area contributed by atoms with Crippen LogP contribution >= 0.6 is 23.2 Å². The van der Waals surface area contributed by atoms with Crippen LogP contribution in [0.1, 0.15) is 17.0 Å². The van der Waals surface area contributed by atoms with Crippen molar-refractivity contribution in [1.29, 1.82) is 5.26 Å². The van der Waals surface area contributed by atoms with Crippen molar-refractivity contribution in [2.24, 2.45) is 0 Å². The number of halogens is 2. The number of benzene rings is 2. The number of anilines is 1. The summed E-state index contributed by atoms with van der Waals surface area (Å²) in [6, 6.07) is 18.1. The predicted molar refractivity (Wildman–Crippen MR) is 114 cm³/mol. The van der Waals surface area contributed by atoms with Gasteiger partial charge in [0.15, 0.2) is 0 Å². The Morgan fingerprint density at radius 2 is 1.82 bits per heavy atom. The topological polar surface area (TPSA) is 57.8 Å². The number of amides is 1. The van der Waals surface area contributed by atoms with Crippen molar-refractivity contribution in [2.75, 3.05) is 5.32 Å². The molecule has 28 heavy (non-hydrogen) atoms. The molecule has 0 saturated carbocycles. The first kappa shape index (κ1) is 19.8. The molecule has 0 unspecified atom stereocenters. The summed E-state index contributed by atoms with van der Waals surface area (Å²) >= 11 is 12.5.